The highest BCUT2D eigenvalue weighted by Crippen LogP contribution is 2.31. The van der Waals surface area contributed by atoms with E-state index in [0.717, 1.165) is 0 Å². The van der Waals surface area contributed by atoms with Gasteiger partial charge in [-0.25, -0.2) is 14.4 Å². The zero-order valence-corrected chi connectivity index (χ0v) is 37.1. The van der Waals surface area contributed by atoms with Crippen LogP contribution in [0.15, 0.2) is 11.8 Å². The molecule has 0 unspecified atom stereocenters. The topological polar surface area (TPSA) is 254 Å². The fourth-order valence-corrected chi connectivity index (χ4v) is 6.09. The molecule has 4 amide bonds. The predicted molar refractivity (Wildman–Crippen MR) is 216 cm³/mol. The zero-order chi connectivity index (χ0) is 44.8. The summed E-state index contributed by atoms with van der Waals surface area (Å²) in [4.78, 5) is 51.1. The van der Waals surface area contributed by atoms with Crippen molar-refractivity contribution < 1.29 is 67.7 Å². The molecule has 342 valence electrons. The molecule has 8 N–H and O–H groups in total. The molecule has 0 aromatic heterocycles. The third kappa shape index (κ3) is 20.6. The Balaban J connectivity index is 2.32. The van der Waals surface area contributed by atoms with Crippen molar-refractivity contribution in [3.8, 4) is 0 Å². The van der Waals surface area contributed by atoms with E-state index in [-0.39, 0.29) is 45.6 Å². The summed E-state index contributed by atoms with van der Waals surface area (Å²) < 4.78 is 40.7. The molecule has 0 radical (unpaired) electrons. The van der Waals surface area contributed by atoms with E-state index >= 15 is 0 Å². The SMILES string of the molecule is CC[C@@H](O)[C@H](OCCO)O[C@@H]1[C@@H](O)[C@H](O[C@@H]2CCC=C(CNCC(C)(C)NC(=O)OC(C)(C)C)O2)[C@@H](NC(=O)OC(C)(C)C)C[C@H]1NC(=O)CCNC(=O)OC(C)(C)C. The van der Waals surface area contributed by atoms with Crippen LogP contribution in [0.25, 0.3) is 0 Å². The minimum atomic E-state index is -1.56. The second-order valence-electron chi connectivity index (χ2n) is 18.4. The molecule has 1 aliphatic heterocycles. The molecule has 0 bridgehead atoms. The third-order valence-electron chi connectivity index (χ3n) is 8.51. The molecule has 1 aliphatic carbocycles. The molecule has 19 heteroatoms. The number of aliphatic hydroxyl groups is 3. The van der Waals surface area contributed by atoms with E-state index < -0.39 is 95.6 Å². The van der Waals surface area contributed by atoms with E-state index in [1.54, 1.807) is 69.2 Å². The van der Waals surface area contributed by atoms with Crippen molar-refractivity contribution in [3.05, 3.63) is 11.8 Å². The standard InChI is InChI=1S/C40H73N5O14/c1-13-27(47)33(53-20-19-46)56-32-25(43-28(48)17-18-42-34(50)57-37(2,3)4)21-26(44-35(51)58-38(5,6)7)31(30(32)49)55-29-16-14-15-24(54-29)22-41-23-40(11,12)45-36(52)59-39(8,9)10/h15,25-27,29-33,41,46-47,49H,13-14,16-23H2,1-12H3,(H,42,50)(H,43,48)(H,44,51)(H,45,52)/t25-,26+,27-,29-,30+,31-,32+,33-/m1/s1. The van der Waals surface area contributed by atoms with Crippen molar-refractivity contribution in [1.29, 1.82) is 0 Å². The van der Waals surface area contributed by atoms with Gasteiger partial charge in [-0.05, 0) is 101 Å². The van der Waals surface area contributed by atoms with Gasteiger partial charge in [0.15, 0.2) is 12.6 Å². The van der Waals surface area contributed by atoms with Gasteiger partial charge in [0.1, 0.15) is 47.0 Å². The van der Waals surface area contributed by atoms with Crippen LogP contribution in [0.4, 0.5) is 14.4 Å². The number of alkyl carbamates (subject to hydrolysis) is 3. The second kappa shape index (κ2) is 22.9. The lowest BCUT2D eigenvalue weighted by Gasteiger charge is -2.46. The molecule has 0 aromatic rings. The Morgan fingerprint density at radius 3 is 2.05 bits per heavy atom. The summed E-state index contributed by atoms with van der Waals surface area (Å²) in [6.45, 7) is 21.0. The van der Waals surface area contributed by atoms with Crippen molar-refractivity contribution >= 4 is 24.2 Å². The maximum absolute atomic E-state index is 13.3. The molecule has 1 fully saturated rings. The van der Waals surface area contributed by atoms with Crippen molar-refractivity contribution in [2.45, 2.75) is 187 Å². The van der Waals surface area contributed by atoms with Crippen LogP contribution >= 0.6 is 0 Å². The summed E-state index contributed by atoms with van der Waals surface area (Å²) in [6.07, 6.45) is -6.60. The van der Waals surface area contributed by atoms with Gasteiger partial charge >= 0.3 is 18.3 Å². The van der Waals surface area contributed by atoms with Gasteiger partial charge in [-0.2, -0.15) is 0 Å². The average molecular weight is 848 g/mol. The second-order valence-corrected chi connectivity index (χ2v) is 18.4. The molecular formula is C40H73N5O14. The quantitative estimate of drug-likeness (QED) is 0.0688. The minimum absolute atomic E-state index is 0.0392. The molecule has 1 heterocycles. The van der Waals surface area contributed by atoms with Gasteiger partial charge in [-0.3, -0.25) is 4.79 Å². The first-order valence-electron chi connectivity index (χ1n) is 20.4. The summed E-state index contributed by atoms with van der Waals surface area (Å²) in [5.41, 5.74) is -2.91. The summed E-state index contributed by atoms with van der Waals surface area (Å²) >= 11 is 0. The summed E-state index contributed by atoms with van der Waals surface area (Å²) in [5, 5.41) is 46.7. The number of amides is 4. The van der Waals surface area contributed by atoms with E-state index in [4.69, 9.17) is 33.2 Å². The number of nitrogens with one attached hydrogen (secondary N) is 5. The summed E-state index contributed by atoms with van der Waals surface area (Å²) in [6, 6.07) is -1.96. The highest BCUT2D eigenvalue weighted by Gasteiger charge is 2.49. The fourth-order valence-electron chi connectivity index (χ4n) is 6.09. The Labute approximate surface area is 349 Å². The van der Waals surface area contributed by atoms with Crippen LogP contribution in [0.2, 0.25) is 0 Å². The van der Waals surface area contributed by atoms with Crippen molar-refractivity contribution in [1.82, 2.24) is 26.6 Å². The van der Waals surface area contributed by atoms with Gasteiger partial charge in [0.2, 0.25) is 5.91 Å². The average Bonchev–Trinajstić information content (AvgIpc) is 3.06. The van der Waals surface area contributed by atoms with Crippen molar-refractivity contribution in [3.63, 3.8) is 0 Å². The molecule has 0 aromatic carbocycles. The Morgan fingerprint density at radius 1 is 0.864 bits per heavy atom. The van der Waals surface area contributed by atoms with Gasteiger partial charge < -0.3 is 75.1 Å². The van der Waals surface area contributed by atoms with E-state index in [9.17, 15) is 34.5 Å². The van der Waals surface area contributed by atoms with E-state index in [2.05, 4.69) is 26.6 Å². The van der Waals surface area contributed by atoms with Crippen LogP contribution in [-0.4, -0.2) is 144 Å². The summed E-state index contributed by atoms with van der Waals surface area (Å²) in [7, 11) is 0. The van der Waals surface area contributed by atoms with Gasteiger partial charge in [0.05, 0.1) is 37.4 Å². The Morgan fingerprint density at radius 2 is 1.46 bits per heavy atom. The molecule has 0 saturated heterocycles. The Hall–Kier alpha value is -3.46. The normalized spacial score (nSPS) is 23.7. The third-order valence-corrected chi connectivity index (χ3v) is 8.51. The molecule has 19 nitrogen and oxygen atoms in total. The van der Waals surface area contributed by atoms with Gasteiger partial charge in [0, 0.05) is 25.9 Å². The molecule has 8 atom stereocenters. The Kier molecular flexibility index (Phi) is 20.1. The number of allylic oxidation sites excluding steroid dienone is 1. The van der Waals surface area contributed by atoms with E-state index in [1.165, 1.54) is 0 Å². The number of carbonyl (C=O) groups is 4. The number of aliphatic hydroxyl groups excluding tert-OH is 3. The zero-order valence-electron chi connectivity index (χ0n) is 37.1. The van der Waals surface area contributed by atoms with Gasteiger partial charge in [-0.15, -0.1) is 0 Å². The van der Waals surface area contributed by atoms with Gasteiger partial charge in [-0.1, -0.05) is 6.92 Å². The highest BCUT2D eigenvalue weighted by molar-refractivity contribution is 5.77. The lowest BCUT2D eigenvalue weighted by molar-refractivity contribution is -0.270. The maximum atomic E-state index is 13.3. The highest BCUT2D eigenvalue weighted by atomic mass is 16.7. The molecule has 2 aliphatic rings. The molecule has 1 saturated carbocycles. The van der Waals surface area contributed by atoms with Crippen LogP contribution < -0.4 is 26.6 Å². The lowest BCUT2D eigenvalue weighted by atomic mass is 9.83. The molecule has 2 rings (SSSR count). The van der Waals surface area contributed by atoms with Crippen LogP contribution in [0.1, 0.15) is 115 Å². The monoisotopic (exact) mass is 848 g/mol. The van der Waals surface area contributed by atoms with Crippen LogP contribution in [0, 0.1) is 0 Å². The number of carbonyl (C=O) groups excluding carboxylic acids is 4. The largest absolute Gasteiger partial charge is 0.468 e. The first kappa shape index (κ1) is 51.7. The van der Waals surface area contributed by atoms with Crippen molar-refractivity contribution in [2.75, 3.05) is 32.8 Å². The number of ether oxygens (including phenoxy) is 7. The maximum Gasteiger partial charge on any atom is 0.408 e. The van der Waals surface area contributed by atoms with E-state index in [0.29, 0.717) is 25.1 Å². The number of hydrogen-bond acceptors (Lipinski definition) is 15. The van der Waals surface area contributed by atoms with Crippen LogP contribution in [-0.2, 0) is 38.0 Å². The van der Waals surface area contributed by atoms with Crippen molar-refractivity contribution in [2.24, 2.45) is 0 Å². The molecule has 59 heavy (non-hydrogen) atoms. The molecule has 0 spiro atoms. The number of hydrogen-bond donors (Lipinski definition) is 8. The first-order valence-corrected chi connectivity index (χ1v) is 20.4. The Bertz CT molecular complexity index is 1380. The fraction of sp³-hybridized carbons (Fsp3) is 0.850. The first-order chi connectivity index (χ1) is 27.2. The lowest BCUT2D eigenvalue weighted by Crippen LogP contribution is -2.67. The number of rotatable bonds is 19. The van der Waals surface area contributed by atoms with Gasteiger partial charge in [0.25, 0.3) is 0 Å². The smallest absolute Gasteiger partial charge is 0.408 e. The van der Waals surface area contributed by atoms with Crippen LogP contribution in [0.5, 0.6) is 0 Å². The predicted octanol–water partition coefficient (Wildman–Crippen LogP) is 2.83. The molecular weight excluding hydrogens is 774 g/mol. The van der Waals surface area contributed by atoms with E-state index in [1.807, 2.05) is 19.9 Å². The minimum Gasteiger partial charge on any atom is -0.468 e. The summed E-state index contributed by atoms with van der Waals surface area (Å²) in [5.74, 6) is 0.0335. The van der Waals surface area contributed by atoms with Crippen LogP contribution in [0.3, 0.4) is 0 Å².